The van der Waals surface area contributed by atoms with Crippen molar-refractivity contribution in [1.82, 2.24) is 0 Å². The summed E-state index contributed by atoms with van der Waals surface area (Å²) in [5.41, 5.74) is 4.58. The Morgan fingerprint density at radius 3 is 2.56 bits per heavy atom. The van der Waals surface area contributed by atoms with E-state index in [1.807, 2.05) is 0 Å². The summed E-state index contributed by atoms with van der Waals surface area (Å²) in [6, 6.07) is 2.12. The number of anilines is 2. The number of nitrogens with one attached hydrogen (secondary N) is 1. The van der Waals surface area contributed by atoms with E-state index in [1.165, 1.54) is 0 Å². The Hall–Kier alpha value is -2.11. The lowest BCUT2D eigenvalue weighted by atomic mass is 10.1. The van der Waals surface area contributed by atoms with Crippen LogP contribution in [-0.2, 0) is 4.74 Å². The normalized spacial score (nSPS) is 10.9. The molecule has 0 saturated heterocycles. The van der Waals surface area contributed by atoms with E-state index in [4.69, 9.17) is 10.5 Å². The first-order valence-electron chi connectivity index (χ1n) is 5.27. The molecular weight excluding hydrogens is 239 g/mol. The van der Waals surface area contributed by atoms with E-state index in [9.17, 15) is 14.0 Å². The number of halogens is 1. The maximum Gasteiger partial charge on any atom is 0.412 e. The van der Waals surface area contributed by atoms with Crippen LogP contribution in [-0.4, -0.2) is 18.0 Å². The molecule has 1 aromatic rings. The summed E-state index contributed by atoms with van der Waals surface area (Å²) in [7, 11) is 0. The second kappa shape index (κ2) is 5.03. The number of nitrogen functional groups attached to an aromatic ring is 1. The first-order valence-corrected chi connectivity index (χ1v) is 5.27. The molecule has 6 heteroatoms. The summed E-state index contributed by atoms with van der Waals surface area (Å²) in [6.45, 7) is 5.07. The van der Waals surface area contributed by atoms with Gasteiger partial charge in [0.25, 0.3) is 0 Å². The molecule has 0 aliphatic heterocycles. The number of rotatable bonds is 2. The molecule has 0 heterocycles. The highest BCUT2D eigenvalue weighted by Crippen LogP contribution is 2.21. The second-order valence-electron chi connectivity index (χ2n) is 4.71. The van der Waals surface area contributed by atoms with Crippen molar-refractivity contribution in [2.75, 3.05) is 11.1 Å². The van der Waals surface area contributed by atoms with Gasteiger partial charge in [-0.2, -0.15) is 0 Å². The molecule has 0 saturated carbocycles. The van der Waals surface area contributed by atoms with Crippen LogP contribution in [0, 0.1) is 5.82 Å². The van der Waals surface area contributed by atoms with E-state index in [-0.39, 0.29) is 16.9 Å². The number of hydrogen-bond acceptors (Lipinski definition) is 4. The Morgan fingerprint density at radius 1 is 1.44 bits per heavy atom. The number of nitrogens with two attached hydrogens (primary N) is 1. The average molecular weight is 254 g/mol. The largest absolute Gasteiger partial charge is 0.444 e. The van der Waals surface area contributed by atoms with Gasteiger partial charge in [-0.15, -0.1) is 0 Å². The minimum Gasteiger partial charge on any atom is -0.444 e. The highest BCUT2D eigenvalue weighted by atomic mass is 19.1. The standard InChI is InChI=1S/C12H15FN2O3/c1-12(2,3)18-11(17)15-10-5-8(13)9(14)4-7(10)6-16/h4-6H,14H2,1-3H3,(H,15,17). The topological polar surface area (TPSA) is 81.4 Å². The highest BCUT2D eigenvalue weighted by Gasteiger charge is 2.18. The Bertz CT molecular complexity index is 481. The van der Waals surface area contributed by atoms with E-state index in [0.29, 0.717) is 6.29 Å². The Morgan fingerprint density at radius 2 is 2.06 bits per heavy atom. The maximum atomic E-state index is 13.3. The van der Waals surface area contributed by atoms with Crippen LogP contribution in [0.5, 0.6) is 0 Å². The van der Waals surface area contributed by atoms with E-state index in [1.54, 1.807) is 20.8 Å². The van der Waals surface area contributed by atoms with E-state index in [2.05, 4.69) is 5.32 Å². The smallest absolute Gasteiger partial charge is 0.412 e. The number of amides is 1. The van der Waals surface area contributed by atoms with Crippen molar-refractivity contribution < 1.29 is 18.7 Å². The summed E-state index contributed by atoms with van der Waals surface area (Å²) < 4.78 is 18.2. The molecule has 5 nitrogen and oxygen atoms in total. The van der Waals surface area contributed by atoms with Crippen molar-refractivity contribution >= 4 is 23.8 Å². The molecule has 3 N–H and O–H groups in total. The molecule has 0 bridgehead atoms. The third-order valence-corrected chi connectivity index (χ3v) is 1.93. The van der Waals surface area contributed by atoms with Gasteiger partial charge in [0.15, 0.2) is 6.29 Å². The first kappa shape index (κ1) is 14.0. The minimum absolute atomic E-state index is 0.0194. The third-order valence-electron chi connectivity index (χ3n) is 1.93. The number of carbonyl (C=O) groups excluding carboxylic acids is 2. The fourth-order valence-corrected chi connectivity index (χ4v) is 1.23. The molecule has 1 aromatic carbocycles. The number of carbonyl (C=O) groups is 2. The Balaban J connectivity index is 2.94. The van der Waals surface area contributed by atoms with Crippen LogP contribution in [0.25, 0.3) is 0 Å². The second-order valence-corrected chi connectivity index (χ2v) is 4.71. The highest BCUT2D eigenvalue weighted by molar-refractivity contribution is 5.94. The quantitative estimate of drug-likeness (QED) is 0.627. The molecule has 0 unspecified atom stereocenters. The fraction of sp³-hybridized carbons (Fsp3) is 0.333. The molecular formula is C12H15FN2O3. The SMILES string of the molecule is CC(C)(C)OC(=O)Nc1cc(F)c(N)cc1C=O. The van der Waals surface area contributed by atoms with Crippen LogP contribution in [0.3, 0.4) is 0 Å². The lowest BCUT2D eigenvalue weighted by Gasteiger charge is -2.20. The molecule has 1 rings (SSSR count). The van der Waals surface area contributed by atoms with Crippen LogP contribution in [0.4, 0.5) is 20.6 Å². The molecule has 0 spiro atoms. The van der Waals surface area contributed by atoms with Crippen LogP contribution >= 0.6 is 0 Å². The van der Waals surface area contributed by atoms with Crippen LogP contribution in [0.15, 0.2) is 12.1 Å². The van der Waals surface area contributed by atoms with Gasteiger partial charge in [0.2, 0.25) is 0 Å². The third kappa shape index (κ3) is 3.73. The summed E-state index contributed by atoms with van der Waals surface area (Å²) >= 11 is 0. The molecule has 0 radical (unpaired) electrons. The molecule has 18 heavy (non-hydrogen) atoms. The predicted octanol–water partition coefficient (Wildman–Crippen LogP) is 2.57. The molecule has 1 amide bonds. The van der Waals surface area contributed by atoms with E-state index in [0.717, 1.165) is 12.1 Å². The van der Waals surface area contributed by atoms with Crippen molar-refractivity contribution in [2.45, 2.75) is 26.4 Å². The summed E-state index contributed by atoms with van der Waals surface area (Å²) in [6.07, 6.45) is -0.294. The molecule has 0 aliphatic carbocycles. The molecule has 0 fully saturated rings. The maximum absolute atomic E-state index is 13.3. The van der Waals surface area contributed by atoms with Crippen molar-refractivity contribution in [3.05, 3.63) is 23.5 Å². The zero-order chi connectivity index (χ0) is 13.9. The Labute approximate surface area is 104 Å². The monoisotopic (exact) mass is 254 g/mol. The summed E-state index contributed by atoms with van der Waals surface area (Å²) in [4.78, 5) is 22.3. The van der Waals surface area contributed by atoms with Gasteiger partial charge in [0, 0.05) is 11.6 Å². The molecule has 0 aliphatic rings. The summed E-state index contributed by atoms with van der Waals surface area (Å²) in [5.74, 6) is -0.716. The fourth-order valence-electron chi connectivity index (χ4n) is 1.23. The van der Waals surface area contributed by atoms with Gasteiger partial charge in [0.05, 0.1) is 11.4 Å². The van der Waals surface area contributed by atoms with Crippen LogP contribution in [0.1, 0.15) is 31.1 Å². The van der Waals surface area contributed by atoms with Gasteiger partial charge in [-0.1, -0.05) is 0 Å². The lowest BCUT2D eigenvalue weighted by Crippen LogP contribution is -2.27. The molecule has 0 atom stereocenters. The lowest BCUT2D eigenvalue weighted by molar-refractivity contribution is 0.0636. The van der Waals surface area contributed by atoms with Gasteiger partial charge in [-0.05, 0) is 26.8 Å². The number of ether oxygens (including phenoxy) is 1. The van der Waals surface area contributed by atoms with Crippen molar-refractivity contribution in [2.24, 2.45) is 0 Å². The van der Waals surface area contributed by atoms with Crippen LogP contribution < -0.4 is 11.1 Å². The zero-order valence-electron chi connectivity index (χ0n) is 10.4. The molecule has 98 valence electrons. The van der Waals surface area contributed by atoms with Gasteiger partial charge < -0.3 is 10.5 Å². The van der Waals surface area contributed by atoms with Crippen molar-refractivity contribution in [3.63, 3.8) is 0 Å². The minimum atomic E-state index is -0.769. The van der Waals surface area contributed by atoms with Gasteiger partial charge >= 0.3 is 6.09 Å². The summed E-state index contributed by atoms with van der Waals surface area (Å²) in [5, 5.41) is 2.30. The number of hydrogen-bond donors (Lipinski definition) is 2. The van der Waals surface area contributed by atoms with Crippen molar-refractivity contribution in [1.29, 1.82) is 0 Å². The zero-order valence-corrected chi connectivity index (χ0v) is 10.4. The number of benzene rings is 1. The van der Waals surface area contributed by atoms with Gasteiger partial charge in [0.1, 0.15) is 11.4 Å². The first-order chi connectivity index (χ1) is 8.23. The molecule has 0 aromatic heterocycles. The number of aldehydes is 1. The van der Waals surface area contributed by atoms with E-state index >= 15 is 0 Å². The van der Waals surface area contributed by atoms with E-state index < -0.39 is 17.5 Å². The van der Waals surface area contributed by atoms with Crippen LogP contribution in [0.2, 0.25) is 0 Å². The van der Waals surface area contributed by atoms with Gasteiger partial charge in [-0.25, -0.2) is 9.18 Å². The van der Waals surface area contributed by atoms with Gasteiger partial charge in [-0.3, -0.25) is 10.1 Å². The predicted molar refractivity (Wildman–Crippen MR) is 66.1 cm³/mol. The Kier molecular flexibility index (Phi) is 3.90. The van der Waals surface area contributed by atoms with Crippen molar-refractivity contribution in [3.8, 4) is 0 Å². The average Bonchev–Trinajstić information content (AvgIpc) is 2.20.